The Morgan fingerprint density at radius 3 is 2.77 bits per heavy atom. The summed E-state index contributed by atoms with van der Waals surface area (Å²) in [4.78, 5) is 16.9. The van der Waals surface area contributed by atoms with Crippen molar-refractivity contribution in [1.29, 1.82) is 0 Å². The van der Waals surface area contributed by atoms with Gasteiger partial charge in [0.25, 0.3) is 0 Å². The molecule has 1 aliphatic heterocycles. The molecule has 5 nitrogen and oxygen atoms in total. The SMILES string of the molecule is CC(=O)N(Cc1ccsc1)[C@H]1CC12CCN(Cc1c(C)n[nH]c1C)CC2. The molecule has 6 heteroatoms. The number of nitrogens with zero attached hydrogens (tertiary/aromatic N) is 3. The molecular formula is C20H28N4OS. The maximum atomic E-state index is 12.2. The highest BCUT2D eigenvalue weighted by Crippen LogP contribution is 2.57. The molecule has 2 aromatic rings. The predicted molar refractivity (Wildman–Crippen MR) is 104 cm³/mol. The Bertz CT molecular complexity index is 754. The third-order valence-electron chi connectivity index (χ3n) is 6.37. The van der Waals surface area contributed by atoms with E-state index in [4.69, 9.17) is 0 Å². The first-order valence-electron chi connectivity index (χ1n) is 9.49. The number of aromatic amines is 1. The topological polar surface area (TPSA) is 52.2 Å². The van der Waals surface area contributed by atoms with Crippen molar-refractivity contribution in [3.63, 3.8) is 0 Å². The fourth-order valence-electron chi connectivity index (χ4n) is 4.51. The molecule has 0 unspecified atom stereocenters. The summed E-state index contributed by atoms with van der Waals surface area (Å²) in [6, 6.07) is 2.56. The van der Waals surface area contributed by atoms with E-state index in [0.717, 1.165) is 31.9 Å². The standard InChI is InChI=1S/C20H28N4OS/c1-14-18(15(2)22-21-14)12-23-7-5-20(6-8-23)10-19(20)24(16(3)25)11-17-4-9-26-13-17/h4,9,13,19H,5-8,10-12H2,1-3H3,(H,21,22)/t19-/m0/s1. The maximum absolute atomic E-state index is 12.2. The number of hydrogen-bond acceptors (Lipinski definition) is 4. The van der Waals surface area contributed by atoms with E-state index in [1.807, 2.05) is 0 Å². The van der Waals surface area contributed by atoms with E-state index >= 15 is 0 Å². The molecule has 1 atom stereocenters. The minimum Gasteiger partial charge on any atom is -0.335 e. The molecule has 0 bridgehead atoms. The summed E-state index contributed by atoms with van der Waals surface area (Å²) >= 11 is 1.70. The average Bonchev–Trinajstić information content (AvgIpc) is 2.94. The molecule has 1 spiro atoms. The van der Waals surface area contributed by atoms with Gasteiger partial charge in [0.15, 0.2) is 0 Å². The van der Waals surface area contributed by atoms with E-state index < -0.39 is 0 Å². The van der Waals surface area contributed by atoms with Gasteiger partial charge in [-0.2, -0.15) is 16.4 Å². The Morgan fingerprint density at radius 1 is 1.42 bits per heavy atom. The minimum atomic E-state index is 0.213. The summed E-state index contributed by atoms with van der Waals surface area (Å²) < 4.78 is 0. The zero-order chi connectivity index (χ0) is 18.3. The van der Waals surface area contributed by atoms with Crippen molar-refractivity contribution in [3.05, 3.63) is 39.3 Å². The number of H-pyrrole nitrogens is 1. The van der Waals surface area contributed by atoms with Crippen molar-refractivity contribution in [2.75, 3.05) is 13.1 Å². The highest BCUT2D eigenvalue weighted by atomic mass is 32.1. The molecule has 0 radical (unpaired) electrons. The van der Waals surface area contributed by atoms with Gasteiger partial charge in [0.2, 0.25) is 5.91 Å². The van der Waals surface area contributed by atoms with Crippen LogP contribution in [0.3, 0.4) is 0 Å². The number of aromatic nitrogens is 2. The van der Waals surface area contributed by atoms with Crippen molar-refractivity contribution >= 4 is 17.2 Å². The summed E-state index contributed by atoms with van der Waals surface area (Å²) in [7, 11) is 0. The van der Waals surface area contributed by atoms with Crippen LogP contribution in [0, 0.1) is 19.3 Å². The molecule has 140 valence electrons. The molecule has 0 aromatic carbocycles. The van der Waals surface area contributed by atoms with E-state index in [-0.39, 0.29) is 5.91 Å². The number of nitrogens with one attached hydrogen (secondary N) is 1. The lowest BCUT2D eigenvalue weighted by Crippen LogP contribution is -2.39. The Balaban J connectivity index is 1.36. The average molecular weight is 373 g/mol. The number of carbonyl (C=O) groups is 1. The lowest BCUT2D eigenvalue weighted by atomic mass is 9.92. The van der Waals surface area contributed by atoms with Crippen LogP contribution in [0.2, 0.25) is 0 Å². The second-order valence-corrected chi connectivity index (χ2v) is 8.83. The normalized spacial score (nSPS) is 21.9. The summed E-state index contributed by atoms with van der Waals surface area (Å²) in [6.45, 7) is 9.89. The number of carbonyl (C=O) groups excluding carboxylic acids is 1. The van der Waals surface area contributed by atoms with Crippen LogP contribution in [0.5, 0.6) is 0 Å². The molecule has 1 N–H and O–H groups in total. The molecule has 4 rings (SSSR count). The summed E-state index contributed by atoms with van der Waals surface area (Å²) in [5.41, 5.74) is 5.27. The smallest absolute Gasteiger partial charge is 0.220 e. The van der Waals surface area contributed by atoms with Gasteiger partial charge in [0, 0.05) is 37.3 Å². The van der Waals surface area contributed by atoms with Crippen LogP contribution in [-0.4, -0.2) is 45.0 Å². The number of aryl methyl sites for hydroxylation is 2. The van der Waals surface area contributed by atoms with E-state index in [0.29, 0.717) is 11.5 Å². The third kappa shape index (κ3) is 3.32. The number of likely N-dealkylation sites (tertiary alicyclic amines) is 1. The molecule has 26 heavy (non-hydrogen) atoms. The molecule has 3 heterocycles. The van der Waals surface area contributed by atoms with Crippen LogP contribution in [-0.2, 0) is 17.9 Å². The number of amides is 1. The molecule has 1 saturated heterocycles. The summed E-state index contributed by atoms with van der Waals surface area (Å²) in [5.74, 6) is 0.213. The fraction of sp³-hybridized carbons (Fsp3) is 0.600. The van der Waals surface area contributed by atoms with Gasteiger partial charge in [-0.05, 0) is 74.0 Å². The minimum absolute atomic E-state index is 0.213. The molecule has 2 aromatic heterocycles. The Kier molecular flexibility index (Phi) is 4.65. The van der Waals surface area contributed by atoms with E-state index in [1.54, 1.807) is 18.3 Å². The zero-order valence-electron chi connectivity index (χ0n) is 15.9. The van der Waals surface area contributed by atoms with E-state index in [9.17, 15) is 4.79 Å². The van der Waals surface area contributed by atoms with E-state index in [1.165, 1.54) is 36.1 Å². The molecule has 1 aliphatic carbocycles. The van der Waals surface area contributed by atoms with Crippen molar-refractivity contribution in [2.45, 2.75) is 59.2 Å². The lowest BCUT2D eigenvalue weighted by Gasteiger charge is -2.34. The van der Waals surface area contributed by atoms with Gasteiger partial charge in [0.1, 0.15) is 0 Å². The second-order valence-electron chi connectivity index (χ2n) is 8.05. The van der Waals surface area contributed by atoms with Gasteiger partial charge in [-0.3, -0.25) is 14.8 Å². The highest BCUT2D eigenvalue weighted by molar-refractivity contribution is 7.07. The number of hydrogen-bond donors (Lipinski definition) is 1. The highest BCUT2D eigenvalue weighted by Gasteiger charge is 2.58. The van der Waals surface area contributed by atoms with Crippen LogP contribution in [0.4, 0.5) is 0 Å². The van der Waals surface area contributed by atoms with Crippen molar-refractivity contribution in [2.24, 2.45) is 5.41 Å². The second kappa shape index (κ2) is 6.82. The van der Waals surface area contributed by atoms with Crippen LogP contribution in [0.15, 0.2) is 16.8 Å². The van der Waals surface area contributed by atoms with Crippen molar-refractivity contribution in [1.82, 2.24) is 20.0 Å². The quantitative estimate of drug-likeness (QED) is 0.874. The van der Waals surface area contributed by atoms with Crippen LogP contribution in [0.1, 0.15) is 48.7 Å². The third-order valence-corrected chi connectivity index (χ3v) is 7.11. The Morgan fingerprint density at radius 2 is 2.19 bits per heavy atom. The monoisotopic (exact) mass is 372 g/mol. The summed E-state index contributed by atoms with van der Waals surface area (Å²) in [5, 5.41) is 11.7. The summed E-state index contributed by atoms with van der Waals surface area (Å²) in [6.07, 6.45) is 3.57. The Hall–Kier alpha value is -1.66. The molecule has 2 aliphatic rings. The first-order chi connectivity index (χ1) is 12.5. The first kappa shape index (κ1) is 17.7. The van der Waals surface area contributed by atoms with Gasteiger partial charge >= 0.3 is 0 Å². The predicted octanol–water partition coefficient (Wildman–Crippen LogP) is 3.49. The molecular weight excluding hydrogens is 344 g/mol. The van der Waals surface area contributed by atoms with Gasteiger partial charge in [-0.15, -0.1) is 0 Å². The maximum Gasteiger partial charge on any atom is 0.220 e. The zero-order valence-corrected chi connectivity index (χ0v) is 16.7. The number of thiophene rings is 1. The van der Waals surface area contributed by atoms with Gasteiger partial charge in [-0.1, -0.05) is 0 Å². The van der Waals surface area contributed by atoms with Gasteiger partial charge in [0.05, 0.1) is 5.69 Å². The van der Waals surface area contributed by atoms with Crippen LogP contribution in [0.25, 0.3) is 0 Å². The molecule has 1 amide bonds. The van der Waals surface area contributed by atoms with Crippen molar-refractivity contribution < 1.29 is 4.79 Å². The van der Waals surface area contributed by atoms with Gasteiger partial charge < -0.3 is 4.90 Å². The Labute approximate surface area is 159 Å². The van der Waals surface area contributed by atoms with E-state index in [2.05, 4.69) is 50.7 Å². The fourth-order valence-corrected chi connectivity index (χ4v) is 5.17. The van der Waals surface area contributed by atoms with Gasteiger partial charge in [-0.25, -0.2) is 0 Å². The largest absolute Gasteiger partial charge is 0.335 e. The van der Waals surface area contributed by atoms with Crippen LogP contribution >= 0.6 is 11.3 Å². The lowest BCUT2D eigenvalue weighted by molar-refractivity contribution is -0.130. The molecule has 2 fully saturated rings. The molecule has 1 saturated carbocycles. The number of rotatable bonds is 5. The number of piperidine rings is 1. The first-order valence-corrected chi connectivity index (χ1v) is 10.4. The van der Waals surface area contributed by atoms with Crippen molar-refractivity contribution in [3.8, 4) is 0 Å². The van der Waals surface area contributed by atoms with Crippen LogP contribution < -0.4 is 0 Å².